The Hall–Kier alpha value is -0.0600. The zero-order chi connectivity index (χ0) is 8.48. The van der Waals surface area contributed by atoms with Crippen molar-refractivity contribution in [3.05, 3.63) is 0 Å². The van der Waals surface area contributed by atoms with Crippen LogP contribution in [0, 0.1) is 5.92 Å². The van der Waals surface area contributed by atoms with Crippen LogP contribution in [0.25, 0.3) is 0 Å². The Bertz CT molecular complexity index is 166. The van der Waals surface area contributed by atoms with E-state index >= 15 is 0 Å². The molecule has 2 atom stereocenters. The maximum Gasteiger partial charge on any atom is 0.392 e. The summed E-state index contributed by atoms with van der Waals surface area (Å²) in [4.78, 5) is 0. The van der Waals surface area contributed by atoms with Crippen LogP contribution in [-0.4, -0.2) is 21.9 Å². The molecule has 1 saturated heterocycles. The molecule has 0 saturated carbocycles. The fourth-order valence-corrected chi connectivity index (χ4v) is 2.60. The molecule has 1 rings (SSSR count). The van der Waals surface area contributed by atoms with E-state index < -0.39 is 22.9 Å². The van der Waals surface area contributed by atoms with Crippen molar-refractivity contribution in [2.24, 2.45) is 5.92 Å². The van der Waals surface area contributed by atoms with E-state index in [4.69, 9.17) is 0 Å². The van der Waals surface area contributed by atoms with Gasteiger partial charge in [0.05, 0.1) is 5.92 Å². The minimum absolute atomic E-state index is 0.148. The highest BCUT2D eigenvalue weighted by Crippen LogP contribution is 2.32. The molecule has 0 radical (unpaired) electrons. The van der Waals surface area contributed by atoms with Crippen molar-refractivity contribution in [3.63, 3.8) is 0 Å². The van der Waals surface area contributed by atoms with Crippen LogP contribution >= 0.6 is 0 Å². The molecule has 0 amide bonds. The van der Waals surface area contributed by atoms with E-state index in [0.29, 0.717) is 12.2 Å². The van der Waals surface area contributed by atoms with E-state index in [1.165, 1.54) is 0 Å². The number of rotatable bonds is 0. The van der Waals surface area contributed by atoms with Gasteiger partial charge < -0.3 is 0 Å². The lowest BCUT2D eigenvalue weighted by Crippen LogP contribution is -2.32. The van der Waals surface area contributed by atoms with Crippen molar-refractivity contribution in [3.8, 4) is 0 Å². The average Bonchev–Trinajstić information content (AvgIpc) is 1.86. The summed E-state index contributed by atoms with van der Waals surface area (Å²) in [6.45, 7) is 0. The quantitative estimate of drug-likeness (QED) is 0.562. The van der Waals surface area contributed by atoms with Crippen LogP contribution in [0.15, 0.2) is 0 Å². The van der Waals surface area contributed by atoms with Crippen molar-refractivity contribution >= 4 is 10.8 Å². The van der Waals surface area contributed by atoms with Gasteiger partial charge in [-0.1, -0.05) is 0 Å². The molecule has 1 aliphatic heterocycles. The molecule has 0 aromatic heterocycles. The maximum atomic E-state index is 12.0. The molecular weight excluding hydrogens is 177 g/mol. The molecule has 5 heteroatoms. The Labute approximate surface area is 65.4 Å². The summed E-state index contributed by atoms with van der Waals surface area (Å²) in [6, 6.07) is 0. The Balaban J connectivity index is 2.53. The maximum absolute atomic E-state index is 12.0. The number of hydrogen-bond acceptors (Lipinski definition) is 1. The van der Waals surface area contributed by atoms with E-state index in [9.17, 15) is 17.4 Å². The van der Waals surface area contributed by atoms with Crippen molar-refractivity contribution in [1.29, 1.82) is 0 Å². The third-order valence-electron chi connectivity index (χ3n) is 1.77. The van der Waals surface area contributed by atoms with Gasteiger partial charge in [-0.25, -0.2) is 0 Å². The fraction of sp³-hybridized carbons (Fsp3) is 1.00. The average molecular weight is 186 g/mol. The highest BCUT2D eigenvalue weighted by Gasteiger charge is 2.41. The van der Waals surface area contributed by atoms with Gasteiger partial charge in [0, 0.05) is 22.3 Å². The number of halogens is 3. The first-order chi connectivity index (χ1) is 5.00. The Kier molecular flexibility index (Phi) is 2.57. The zero-order valence-corrected chi connectivity index (χ0v) is 6.67. The van der Waals surface area contributed by atoms with Crippen LogP contribution in [0.3, 0.4) is 0 Å². The molecule has 1 nitrogen and oxygen atoms in total. The van der Waals surface area contributed by atoms with E-state index in [0.717, 1.165) is 0 Å². The molecule has 0 bridgehead atoms. The predicted molar refractivity (Wildman–Crippen MR) is 36.7 cm³/mol. The van der Waals surface area contributed by atoms with E-state index in [1.54, 1.807) is 0 Å². The largest absolute Gasteiger partial charge is 0.392 e. The molecule has 0 aromatic rings. The lowest BCUT2D eigenvalue weighted by Gasteiger charge is -2.23. The van der Waals surface area contributed by atoms with Crippen molar-refractivity contribution in [2.45, 2.75) is 19.0 Å². The topological polar surface area (TPSA) is 17.1 Å². The highest BCUT2D eigenvalue weighted by atomic mass is 32.2. The first-order valence-electron chi connectivity index (χ1n) is 3.42. The van der Waals surface area contributed by atoms with Gasteiger partial charge in [-0.3, -0.25) is 4.21 Å². The van der Waals surface area contributed by atoms with Crippen LogP contribution in [0.2, 0.25) is 0 Å². The van der Waals surface area contributed by atoms with Crippen LogP contribution in [0.5, 0.6) is 0 Å². The highest BCUT2D eigenvalue weighted by molar-refractivity contribution is 7.85. The Morgan fingerprint density at radius 1 is 1.36 bits per heavy atom. The minimum Gasteiger partial charge on any atom is -0.260 e. The van der Waals surface area contributed by atoms with Gasteiger partial charge in [-0.05, 0) is 12.8 Å². The Morgan fingerprint density at radius 3 is 2.36 bits per heavy atom. The Morgan fingerprint density at radius 2 is 2.00 bits per heavy atom. The second kappa shape index (κ2) is 3.13. The van der Waals surface area contributed by atoms with Crippen molar-refractivity contribution in [1.82, 2.24) is 0 Å². The first kappa shape index (κ1) is 9.03. The van der Waals surface area contributed by atoms with Gasteiger partial charge in [-0.15, -0.1) is 0 Å². The molecular formula is C6H9F3OS. The lowest BCUT2D eigenvalue weighted by molar-refractivity contribution is -0.170. The first-order valence-corrected chi connectivity index (χ1v) is 4.90. The second-order valence-corrected chi connectivity index (χ2v) is 4.31. The third-order valence-corrected chi connectivity index (χ3v) is 3.29. The van der Waals surface area contributed by atoms with Gasteiger partial charge in [0.2, 0.25) is 0 Å². The number of alkyl halides is 3. The SMILES string of the molecule is O=S1CCC[C@H](C(F)(F)F)C1. The van der Waals surface area contributed by atoms with Crippen LogP contribution < -0.4 is 0 Å². The van der Waals surface area contributed by atoms with Gasteiger partial charge in [0.1, 0.15) is 0 Å². The molecule has 0 aliphatic carbocycles. The monoisotopic (exact) mass is 186 g/mol. The minimum atomic E-state index is -4.14. The van der Waals surface area contributed by atoms with Gasteiger partial charge in [-0.2, -0.15) is 13.2 Å². The fourth-order valence-electron chi connectivity index (χ4n) is 1.14. The van der Waals surface area contributed by atoms with Crippen molar-refractivity contribution in [2.75, 3.05) is 11.5 Å². The molecule has 1 heterocycles. The lowest BCUT2D eigenvalue weighted by atomic mass is 10.1. The van der Waals surface area contributed by atoms with Gasteiger partial charge in [0.15, 0.2) is 0 Å². The molecule has 66 valence electrons. The molecule has 1 fully saturated rings. The zero-order valence-electron chi connectivity index (χ0n) is 5.86. The molecule has 0 N–H and O–H groups in total. The van der Waals surface area contributed by atoms with E-state index in [1.807, 2.05) is 0 Å². The summed E-state index contributed by atoms with van der Waals surface area (Å²) in [5, 5.41) is 0. The summed E-state index contributed by atoms with van der Waals surface area (Å²) >= 11 is 0. The summed E-state index contributed by atoms with van der Waals surface area (Å²) < 4.78 is 46.7. The summed E-state index contributed by atoms with van der Waals surface area (Å²) in [6.07, 6.45) is -3.55. The summed E-state index contributed by atoms with van der Waals surface area (Å²) in [5.41, 5.74) is 0. The molecule has 1 aliphatic rings. The van der Waals surface area contributed by atoms with E-state index in [2.05, 4.69) is 0 Å². The molecule has 0 aromatic carbocycles. The summed E-state index contributed by atoms with van der Waals surface area (Å²) in [7, 11) is -1.24. The molecule has 0 spiro atoms. The number of hydrogen-bond donors (Lipinski definition) is 0. The van der Waals surface area contributed by atoms with Crippen LogP contribution in [-0.2, 0) is 10.8 Å². The molecule has 1 unspecified atom stereocenters. The molecule has 11 heavy (non-hydrogen) atoms. The third kappa shape index (κ3) is 2.47. The van der Waals surface area contributed by atoms with Crippen LogP contribution in [0.1, 0.15) is 12.8 Å². The van der Waals surface area contributed by atoms with Gasteiger partial charge >= 0.3 is 6.18 Å². The second-order valence-electron chi connectivity index (χ2n) is 2.69. The predicted octanol–water partition coefficient (Wildman–Crippen LogP) is 1.71. The van der Waals surface area contributed by atoms with Gasteiger partial charge in [0.25, 0.3) is 0 Å². The van der Waals surface area contributed by atoms with E-state index in [-0.39, 0.29) is 12.2 Å². The normalized spacial score (nSPS) is 33.7. The smallest absolute Gasteiger partial charge is 0.260 e. The standard InChI is InChI=1S/C6H9F3OS/c7-6(8,9)5-2-1-3-11(10)4-5/h5H,1-4H2/t5-,11?/m0/s1. The van der Waals surface area contributed by atoms with Crippen LogP contribution in [0.4, 0.5) is 13.2 Å². The summed E-state index contributed by atoms with van der Waals surface area (Å²) in [5.74, 6) is -1.08. The van der Waals surface area contributed by atoms with Crippen molar-refractivity contribution < 1.29 is 17.4 Å².